The Kier molecular flexibility index (Phi) is 7.53. The molecule has 2 fully saturated rings. The maximum atomic E-state index is 12.4. The van der Waals surface area contributed by atoms with Crippen LogP contribution in [0.3, 0.4) is 0 Å². The number of amides is 2. The molecule has 5 heteroatoms. The molecule has 2 rings (SSSR count). The summed E-state index contributed by atoms with van der Waals surface area (Å²) in [5.41, 5.74) is 0. The van der Waals surface area contributed by atoms with E-state index in [-0.39, 0.29) is 17.7 Å². The average Bonchev–Trinajstić information content (AvgIpc) is 2.55. The van der Waals surface area contributed by atoms with Gasteiger partial charge in [-0.25, -0.2) is 0 Å². The van der Waals surface area contributed by atoms with Crippen LogP contribution in [0.1, 0.15) is 59.3 Å². The van der Waals surface area contributed by atoms with Crippen LogP contribution in [-0.4, -0.2) is 48.9 Å². The second-order valence-electron chi connectivity index (χ2n) is 8.08. The van der Waals surface area contributed by atoms with Crippen LogP contribution in [0.15, 0.2) is 0 Å². The third-order valence-corrected chi connectivity index (χ3v) is 5.52. The number of piperidine rings is 1. The average molecular weight is 338 g/mol. The van der Waals surface area contributed by atoms with E-state index in [1.54, 1.807) is 0 Å². The Labute approximate surface area is 146 Å². The fraction of sp³-hybridized carbons (Fsp3) is 0.895. The standard InChI is InChI=1S/C19H35N3O2/c1-14(2)19(24)20-11-16-8-6-10-22(12-16)13-18(23)21-17-9-5-4-7-15(17)3/h14-17H,4-13H2,1-3H3,(H,20,24)(H,21,23)/t15-,16+,17-/m1/s1. The van der Waals surface area contributed by atoms with Crippen molar-refractivity contribution in [1.82, 2.24) is 15.5 Å². The number of rotatable bonds is 6. The highest BCUT2D eigenvalue weighted by Gasteiger charge is 2.25. The Bertz CT molecular complexity index is 425. The highest BCUT2D eigenvalue weighted by atomic mass is 16.2. The van der Waals surface area contributed by atoms with Gasteiger partial charge in [0.15, 0.2) is 0 Å². The maximum absolute atomic E-state index is 12.4. The summed E-state index contributed by atoms with van der Waals surface area (Å²) in [6.45, 7) is 9.21. The van der Waals surface area contributed by atoms with Gasteiger partial charge in [-0.15, -0.1) is 0 Å². The van der Waals surface area contributed by atoms with Gasteiger partial charge < -0.3 is 10.6 Å². The molecule has 2 N–H and O–H groups in total. The van der Waals surface area contributed by atoms with Crippen molar-refractivity contribution in [1.29, 1.82) is 0 Å². The summed E-state index contributed by atoms with van der Waals surface area (Å²) in [5, 5.41) is 6.28. The minimum absolute atomic E-state index is 0.0351. The zero-order chi connectivity index (χ0) is 17.5. The molecule has 0 aromatic carbocycles. The Balaban J connectivity index is 1.71. The predicted octanol–water partition coefficient (Wildman–Crippen LogP) is 2.17. The van der Waals surface area contributed by atoms with E-state index in [2.05, 4.69) is 22.5 Å². The van der Waals surface area contributed by atoms with E-state index in [1.807, 2.05) is 13.8 Å². The van der Waals surface area contributed by atoms with Crippen molar-refractivity contribution in [2.24, 2.45) is 17.8 Å². The summed E-state index contributed by atoms with van der Waals surface area (Å²) >= 11 is 0. The zero-order valence-electron chi connectivity index (χ0n) is 15.6. The van der Waals surface area contributed by atoms with Gasteiger partial charge in [-0.05, 0) is 44.1 Å². The van der Waals surface area contributed by atoms with Crippen molar-refractivity contribution in [2.45, 2.75) is 65.3 Å². The zero-order valence-corrected chi connectivity index (χ0v) is 15.6. The van der Waals surface area contributed by atoms with Gasteiger partial charge >= 0.3 is 0 Å². The molecular formula is C19H35N3O2. The van der Waals surface area contributed by atoms with Crippen LogP contribution in [0.25, 0.3) is 0 Å². The van der Waals surface area contributed by atoms with Crippen LogP contribution >= 0.6 is 0 Å². The molecule has 0 spiro atoms. The van der Waals surface area contributed by atoms with Gasteiger partial charge in [-0.3, -0.25) is 14.5 Å². The lowest BCUT2D eigenvalue weighted by atomic mass is 9.86. The summed E-state index contributed by atoms with van der Waals surface area (Å²) in [7, 11) is 0. The minimum Gasteiger partial charge on any atom is -0.356 e. The summed E-state index contributed by atoms with van der Waals surface area (Å²) in [5.74, 6) is 1.38. The first-order valence-electron chi connectivity index (χ1n) is 9.75. The van der Waals surface area contributed by atoms with Gasteiger partial charge in [-0.1, -0.05) is 33.6 Å². The molecule has 1 aliphatic carbocycles. The molecule has 2 amide bonds. The molecule has 138 valence electrons. The van der Waals surface area contributed by atoms with Gasteiger partial charge in [0.05, 0.1) is 6.54 Å². The second kappa shape index (κ2) is 9.40. The lowest BCUT2D eigenvalue weighted by Gasteiger charge is -2.34. The largest absolute Gasteiger partial charge is 0.356 e. The number of nitrogens with one attached hydrogen (secondary N) is 2. The highest BCUT2D eigenvalue weighted by molar-refractivity contribution is 5.78. The molecule has 0 bridgehead atoms. The van der Waals surface area contributed by atoms with Crippen LogP contribution in [0.2, 0.25) is 0 Å². The number of carbonyl (C=O) groups is 2. The van der Waals surface area contributed by atoms with E-state index < -0.39 is 0 Å². The van der Waals surface area contributed by atoms with Gasteiger partial charge in [0.25, 0.3) is 0 Å². The van der Waals surface area contributed by atoms with Gasteiger partial charge in [0.2, 0.25) is 11.8 Å². The normalized spacial score (nSPS) is 28.6. The van der Waals surface area contributed by atoms with Gasteiger partial charge in [0.1, 0.15) is 0 Å². The summed E-state index contributed by atoms with van der Waals surface area (Å²) in [6, 6.07) is 0.358. The van der Waals surface area contributed by atoms with E-state index in [9.17, 15) is 9.59 Å². The van der Waals surface area contributed by atoms with E-state index >= 15 is 0 Å². The topological polar surface area (TPSA) is 61.4 Å². The van der Waals surface area contributed by atoms with Crippen molar-refractivity contribution in [3.63, 3.8) is 0 Å². The Morgan fingerprint density at radius 2 is 1.88 bits per heavy atom. The molecule has 0 aromatic rings. The quantitative estimate of drug-likeness (QED) is 0.781. The van der Waals surface area contributed by atoms with Crippen LogP contribution in [0, 0.1) is 17.8 Å². The molecule has 1 heterocycles. The number of hydrogen-bond acceptors (Lipinski definition) is 3. The lowest BCUT2D eigenvalue weighted by Crippen LogP contribution is -2.48. The summed E-state index contributed by atoms with van der Waals surface area (Å²) in [4.78, 5) is 26.3. The Morgan fingerprint density at radius 3 is 2.58 bits per heavy atom. The highest BCUT2D eigenvalue weighted by Crippen LogP contribution is 2.23. The first-order valence-corrected chi connectivity index (χ1v) is 9.75. The third kappa shape index (κ3) is 6.08. The second-order valence-corrected chi connectivity index (χ2v) is 8.08. The molecule has 1 saturated heterocycles. The molecular weight excluding hydrogens is 302 g/mol. The van der Waals surface area contributed by atoms with Crippen LogP contribution in [-0.2, 0) is 9.59 Å². The molecule has 24 heavy (non-hydrogen) atoms. The predicted molar refractivity (Wildman–Crippen MR) is 96.6 cm³/mol. The van der Waals surface area contributed by atoms with Crippen LogP contribution in [0.5, 0.6) is 0 Å². The first kappa shape index (κ1) is 19.2. The molecule has 2 aliphatic rings. The van der Waals surface area contributed by atoms with E-state index in [4.69, 9.17) is 0 Å². The number of likely N-dealkylation sites (tertiary alicyclic amines) is 1. The number of hydrogen-bond donors (Lipinski definition) is 2. The van der Waals surface area contributed by atoms with Crippen molar-refractivity contribution in [2.75, 3.05) is 26.2 Å². The van der Waals surface area contributed by atoms with Crippen LogP contribution in [0.4, 0.5) is 0 Å². The Hall–Kier alpha value is -1.10. The van der Waals surface area contributed by atoms with E-state index in [1.165, 1.54) is 19.3 Å². The SMILES string of the molecule is CC(C)C(=O)NC[C@@H]1CCCN(CC(=O)N[C@@H]2CCCC[C@H]2C)C1. The molecule has 0 radical (unpaired) electrons. The number of carbonyl (C=O) groups excluding carboxylic acids is 2. The number of nitrogens with zero attached hydrogens (tertiary/aromatic N) is 1. The monoisotopic (exact) mass is 337 g/mol. The fourth-order valence-electron chi connectivity index (χ4n) is 3.90. The van der Waals surface area contributed by atoms with Gasteiger partial charge in [0, 0.05) is 25.0 Å². The van der Waals surface area contributed by atoms with Crippen molar-refractivity contribution in [3.8, 4) is 0 Å². The van der Waals surface area contributed by atoms with Crippen molar-refractivity contribution >= 4 is 11.8 Å². The van der Waals surface area contributed by atoms with Crippen LogP contribution < -0.4 is 10.6 Å². The Morgan fingerprint density at radius 1 is 1.12 bits per heavy atom. The van der Waals surface area contributed by atoms with Crippen molar-refractivity contribution in [3.05, 3.63) is 0 Å². The minimum atomic E-state index is 0.0351. The third-order valence-electron chi connectivity index (χ3n) is 5.52. The summed E-state index contributed by atoms with van der Waals surface area (Å²) in [6.07, 6.45) is 7.12. The molecule has 0 unspecified atom stereocenters. The van der Waals surface area contributed by atoms with Crippen molar-refractivity contribution < 1.29 is 9.59 Å². The van der Waals surface area contributed by atoms with E-state index in [0.717, 1.165) is 38.9 Å². The molecule has 1 saturated carbocycles. The molecule has 3 atom stereocenters. The molecule has 5 nitrogen and oxygen atoms in total. The smallest absolute Gasteiger partial charge is 0.234 e. The summed E-state index contributed by atoms with van der Waals surface area (Å²) < 4.78 is 0. The van der Waals surface area contributed by atoms with E-state index in [0.29, 0.717) is 24.4 Å². The molecule has 0 aromatic heterocycles. The first-order chi connectivity index (χ1) is 11.5. The lowest BCUT2D eigenvalue weighted by molar-refractivity contribution is -0.125. The van der Waals surface area contributed by atoms with Gasteiger partial charge in [-0.2, -0.15) is 0 Å². The maximum Gasteiger partial charge on any atom is 0.234 e. The fourth-order valence-corrected chi connectivity index (χ4v) is 3.90. The molecule has 1 aliphatic heterocycles.